The zero-order chi connectivity index (χ0) is 13.2. The fourth-order valence-corrected chi connectivity index (χ4v) is 4.66. The van der Waals surface area contributed by atoms with Crippen LogP contribution in [0.25, 0.3) is 0 Å². The minimum absolute atomic E-state index is 0.277. The van der Waals surface area contributed by atoms with Gasteiger partial charge >= 0.3 is 0 Å². The number of nitrogens with two attached hydrogens (primary N) is 1. The Morgan fingerprint density at radius 3 is 2.83 bits per heavy atom. The number of rotatable bonds is 3. The lowest BCUT2D eigenvalue weighted by atomic mass is 10.0. The van der Waals surface area contributed by atoms with E-state index in [1.807, 2.05) is 12.1 Å². The molecule has 0 bridgehead atoms. The molecule has 18 heavy (non-hydrogen) atoms. The third-order valence-electron chi connectivity index (χ3n) is 3.34. The van der Waals surface area contributed by atoms with Crippen LogP contribution in [0.4, 0.5) is 0 Å². The van der Waals surface area contributed by atoms with Gasteiger partial charge in [0.05, 0.1) is 11.0 Å². The standard InChI is InChI=1S/C12H17BrN2O2S/c13-9-4-5-10(15-8-9)7-11(14)12-3-1-2-6-18(12,16)17/h4-5,8,11-12H,1-3,6-7,14H2. The first-order valence-electron chi connectivity index (χ1n) is 6.06. The van der Waals surface area contributed by atoms with E-state index in [-0.39, 0.29) is 11.8 Å². The number of hydrogen-bond donors (Lipinski definition) is 1. The lowest BCUT2D eigenvalue weighted by molar-refractivity contribution is 0.493. The average Bonchev–Trinajstić information content (AvgIpc) is 2.31. The molecule has 1 aliphatic rings. The van der Waals surface area contributed by atoms with Crippen molar-refractivity contribution in [1.82, 2.24) is 4.98 Å². The van der Waals surface area contributed by atoms with E-state index in [0.29, 0.717) is 12.8 Å². The van der Waals surface area contributed by atoms with Crippen molar-refractivity contribution in [2.75, 3.05) is 5.75 Å². The van der Waals surface area contributed by atoms with Crippen LogP contribution in [0.1, 0.15) is 25.0 Å². The van der Waals surface area contributed by atoms with Crippen LogP contribution < -0.4 is 5.73 Å². The van der Waals surface area contributed by atoms with Crippen LogP contribution in [-0.4, -0.2) is 30.4 Å². The molecule has 1 aromatic heterocycles. The Labute approximate surface area is 116 Å². The minimum atomic E-state index is -3.01. The summed E-state index contributed by atoms with van der Waals surface area (Å²) in [4.78, 5) is 4.24. The van der Waals surface area contributed by atoms with Gasteiger partial charge in [0.2, 0.25) is 0 Å². The normalized spacial score (nSPS) is 24.7. The molecule has 0 aromatic carbocycles. The van der Waals surface area contributed by atoms with Crippen molar-refractivity contribution in [3.63, 3.8) is 0 Å². The molecular weight excluding hydrogens is 316 g/mol. The van der Waals surface area contributed by atoms with Crippen molar-refractivity contribution in [1.29, 1.82) is 0 Å². The van der Waals surface area contributed by atoms with E-state index >= 15 is 0 Å². The maximum absolute atomic E-state index is 12.0. The molecule has 100 valence electrons. The fraction of sp³-hybridized carbons (Fsp3) is 0.583. The summed E-state index contributed by atoms with van der Waals surface area (Å²) < 4.78 is 24.8. The molecule has 0 spiro atoms. The van der Waals surface area contributed by atoms with Gasteiger partial charge in [-0.1, -0.05) is 6.42 Å². The summed E-state index contributed by atoms with van der Waals surface area (Å²) in [5, 5.41) is -0.406. The molecule has 0 radical (unpaired) electrons. The molecule has 6 heteroatoms. The first kappa shape index (κ1) is 14.0. The molecule has 1 fully saturated rings. The number of halogens is 1. The second-order valence-corrected chi connectivity index (χ2v) is 7.99. The van der Waals surface area contributed by atoms with Crippen LogP contribution in [0, 0.1) is 0 Å². The first-order valence-corrected chi connectivity index (χ1v) is 8.57. The molecule has 1 aromatic rings. The van der Waals surface area contributed by atoms with Gasteiger partial charge in [0, 0.05) is 28.8 Å². The second kappa shape index (κ2) is 5.67. The van der Waals surface area contributed by atoms with Gasteiger partial charge in [-0.2, -0.15) is 0 Å². The Bertz CT molecular complexity index is 501. The van der Waals surface area contributed by atoms with Crippen molar-refractivity contribution in [2.24, 2.45) is 5.73 Å². The summed E-state index contributed by atoms with van der Waals surface area (Å²) in [6.45, 7) is 0. The molecule has 2 rings (SSSR count). The summed E-state index contributed by atoms with van der Waals surface area (Å²) in [7, 11) is -3.01. The predicted molar refractivity (Wildman–Crippen MR) is 75.0 cm³/mol. The molecule has 1 saturated heterocycles. The molecule has 2 N–H and O–H groups in total. The van der Waals surface area contributed by atoms with E-state index < -0.39 is 15.1 Å². The van der Waals surface area contributed by atoms with E-state index in [4.69, 9.17) is 5.73 Å². The van der Waals surface area contributed by atoms with Crippen LogP contribution in [-0.2, 0) is 16.3 Å². The lowest BCUT2D eigenvalue weighted by Gasteiger charge is -2.27. The summed E-state index contributed by atoms with van der Waals surface area (Å²) in [6.07, 6.45) is 4.61. The molecule has 0 aliphatic carbocycles. The molecular formula is C12H17BrN2O2S. The van der Waals surface area contributed by atoms with Crippen molar-refractivity contribution in [2.45, 2.75) is 37.0 Å². The van der Waals surface area contributed by atoms with E-state index in [0.717, 1.165) is 23.0 Å². The third-order valence-corrected chi connectivity index (χ3v) is 6.17. The highest BCUT2D eigenvalue weighted by atomic mass is 79.9. The Kier molecular flexibility index (Phi) is 4.40. The molecule has 4 nitrogen and oxygen atoms in total. The maximum atomic E-state index is 12.0. The fourth-order valence-electron chi connectivity index (χ4n) is 2.36. The molecule has 0 saturated carbocycles. The van der Waals surface area contributed by atoms with Crippen molar-refractivity contribution in [3.8, 4) is 0 Å². The number of nitrogens with zero attached hydrogens (tertiary/aromatic N) is 1. The maximum Gasteiger partial charge on any atom is 0.154 e. The number of sulfone groups is 1. The number of aromatic nitrogens is 1. The van der Waals surface area contributed by atoms with Gasteiger partial charge in [-0.05, 0) is 40.9 Å². The Balaban J connectivity index is 2.07. The van der Waals surface area contributed by atoms with E-state index in [2.05, 4.69) is 20.9 Å². The Morgan fingerprint density at radius 1 is 1.44 bits per heavy atom. The highest BCUT2D eigenvalue weighted by Gasteiger charge is 2.33. The Hall–Kier alpha value is -0.460. The average molecular weight is 333 g/mol. The summed E-state index contributed by atoms with van der Waals surface area (Å²) in [6, 6.07) is 3.41. The Morgan fingerprint density at radius 2 is 2.22 bits per heavy atom. The van der Waals surface area contributed by atoms with Gasteiger partial charge in [0.15, 0.2) is 9.84 Å². The lowest BCUT2D eigenvalue weighted by Crippen LogP contribution is -2.45. The molecule has 2 unspecified atom stereocenters. The van der Waals surface area contributed by atoms with Crippen LogP contribution in [0.3, 0.4) is 0 Å². The van der Waals surface area contributed by atoms with Gasteiger partial charge in [0.1, 0.15) is 0 Å². The summed E-state index contributed by atoms with van der Waals surface area (Å²) >= 11 is 3.32. The van der Waals surface area contributed by atoms with Crippen LogP contribution in [0.2, 0.25) is 0 Å². The first-order chi connectivity index (χ1) is 8.49. The van der Waals surface area contributed by atoms with Crippen LogP contribution >= 0.6 is 15.9 Å². The molecule has 0 amide bonds. The van der Waals surface area contributed by atoms with Crippen molar-refractivity contribution < 1.29 is 8.42 Å². The highest BCUT2D eigenvalue weighted by molar-refractivity contribution is 9.10. The quantitative estimate of drug-likeness (QED) is 0.913. The summed E-state index contributed by atoms with van der Waals surface area (Å²) in [5.41, 5.74) is 6.90. The topological polar surface area (TPSA) is 73.0 Å². The SMILES string of the molecule is NC(Cc1ccc(Br)cn1)C1CCCCS1(=O)=O. The van der Waals surface area contributed by atoms with Crippen LogP contribution in [0.15, 0.2) is 22.8 Å². The van der Waals surface area contributed by atoms with Gasteiger partial charge in [-0.15, -0.1) is 0 Å². The third kappa shape index (κ3) is 3.30. The minimum Gasteiger partial charge on any atom is -0.326 e. The highest BCUT2D eigenvalue weighted by Crippen LogP contribution is 2.23. The van der Waals surface area contributed by atoms with Gasteiger partial charge < -0.3 is 5.73 Å². The molecule has 1 aliphatic heterocycles. The second-order valence-electron chi connectivity index (χ2n) is 4.74. The summed E-state index contributed by atoms with van der Waals surface area (Å²) in [5.74, 6) is 0.277. The number of pyridine rings is 1. The van der Waals surface area contributed by atoms with E-state index in [1.165, 1.54) is 0 Å². The molecule has 2 heterocycles. The molecule has 2 atom stereocenters. The van der Waals surface area contributed by atoms with E-state index in [9.17, 15) is 8.42 Å². The van der Waals surface area contributed by atoms with Crippen LogP contribution in [0.5, 0.6) is 0 Å². The smallest absolute Gasteiger partial charge is 0.154 e. The zero-order valence-corrected chi connectivity index (χ0v) is 12.5. The van der Waals surface area contributed by atoms with Gasteiger partial charge in [-0.3, -0.25) is 4.98 Å². The van der Waals surface area contributed by atoms with Gasteiger partial charge in [-0.25, -0.2) is 8.42 Å². The van der Waals surface area contributed by atoms with E-state index in [1.54, 1.807) is 6.20 Å². The zero-order valence-electron chi connectivity index (χ0n) is 10.0. The number of hydrogen-bond acceptors (Lipinski definition) is 4. The van der Waals surface area contributed by atoms with Crippen molar-refractivity contribution >= 4 is 25.8 Å². The van der Waals surface area contributed by atoms with Gasteiger partial charge in [0.25, 0.3) is 0 Å². The largest absolute Gasteiger partial charge is 0.326 e. The van der Waals surface area contributed by atoms with Crippen molar-refractivity contribution in [3.05, 3.63) is 28.5 Å². The predicted octanol–water partition coefficient (Wildman–Crippen LogP) is 1.68. The monoisotopic (exact) mass is 332 g/mol.